The highest BCUT2D eigenvalue weighted by Gasteiger charge is 2.33. The van der Waals surface area contributed by atoms with Crippen LogP contribution in [-0.4, -0.2) is 60.4 Å². The second kappa shape index (κ2) is 6.93. The molecule has 0 atom stereocenters. The number of ether oxygens (including phenoxy) is 2. The smallest absolute Gasteiger partial charge is 0.353 e. The van der Waals surface area contributed by atoms with Crippen molar-refractivity contribution in [3.63, 3.8) is 0 Å². The minimum absolute atomic E-state index is 0.0269. The van der Waals surface area contributed by atoms with Crippen molar-refractivity contribution in [3.8, 4) is 11.8 Å². The summed E-state index contributed by atoms with van der Waals surface area (Å²) in [7, 11) is -4.97. The van der Waals surface area contributed by atoms with Gasteiger partial charge in [-0.1, -0.05) is 0 Å². The number of rotatable bonds is 6. The van der Waals surface area contributed by atoms with E-state index in [1.165, 1.54) is 25.0 Å². The van der Waals surface area contributed by atoms with Crippen LogP contribution in [0.5, 0.6) is 11.8 Å². The summed E-state index contributed by atoms with van der Waals surface area (Å²) < 4.78 is 59.5. The second-order valence-electron chi connectivity index (χ2n) is 3.91. The summed E-state index contributed by atoms with van der Waals surface area (Å²) in [6.45, 7) is 0. The highest BCUT2D eigenvalue weighted by Crippen LogP contribution is 2.21. The van der Waals surface area contributed by atoms with Crippen LogP contribution in [0.1, 0.15) is 0 Å². The fourth-order valence-electron chi connectivity index (χ4n) is 1.29. The van der Waals surface area contributed by atoms with Gasteiger partial charge in [-0.25, -0.2) is 22.7 Å². The van der Waals surface area contributed by atoms with E-state index < -0.39 is 32.2 Å². The minimum atomic E-state index is -4.46. The molecule has 0 aliphatic rings. The summed E-state index contributed by atoms with van der Waals surface area (Å²) >= 11 is 0. The largest absolute Gasteiger partial charge is 0.481 e. The predicted octanol–water partition coefficient (Wildman–Crippen LogP) is -1.57. The van der Waals surface area contributed by atoms with Crippen LogP contribution in [0.15, 0.2) is 6.07 Å². The summed E-state index contributed by atoms with van der Waals surface area (Å²) in [6, 6.07) is -0.264. The molecular formula is C9H15N5O7S2. The van der Waals surface area contributed by atoms with Crippen molar-refractivity contribution in [1.29, 1.82) is 0 Å². The lowest BCUT2D eigenvalue weighted by molar-refractivity contribution is 0.253. The first-order valence-corrected chi connectivity index (χ1v) is 9.10. The molecule has 0 aromatic carbocycles. The number of anilines is 1. The van der Waals surface area contributed by atoms with Crippen LogP contribution in [0, 0.1) is 0 Å². The highest BCUT2D eigenvalue weighted by molar-refractivity contribution is 7.92. The number of hydrogen-bond donors (Lipinski definition) is 2. The van der Waals surface area contributed by atoms with E-state index in [9.17, 15) is 21.6 Å². The molecule has 130 valence electrons. The number of amides is 2. The van der Waals surface area contributed by atoms with Gasteiger partial charge < -0.3 is 9.47 Å². The molecule has 1 aromatic heterocycles. The van der Waals surface area contributed by atoms with Crippen LogP contribution in [0.4, 0.5) is 10.7 Å². The fourth-order valence-corrected chi connectivity index (χ4v) is 2.50. The maximum atomic E-state index is 12.0. The van der Waals surface area contributed by atoms with Crippen LogP contribution in [-0.2, 0) is 20.2 Å². The maximum absolute atomic E-state index is 12.0. The molecule has 0 saturated heterocycles. The zero-order valence-corrected chi connectivity index (χ0v) is 14.2. The SMILES string of the molecule is CNS(=O)(=O)N(C(=O)NS(C)(=O)=O)c1nc(OC)cc(OC)n1. The Kier molecular flexibility index (Phi) is 5.68. The maximum Gasteiger partial charge on any atom is 0.353 e. The first-order valence-electron chi connectivity index (χ1n) is 5.76. The Hall–Kier alpha value is -2.19. The highest BCUT2D eigenvalue weighted by atomic mass is 32.2. The van der Waals surface area contributed by atoms with E-state index in [-0.39, 0.29) is 16.1 Å². The van der Waals surface area contributed by atoms with E-state index in [0.717, 1.165) is 7.05 Å². The summed E-state index contributed by atoms with van der Waals surface area (Å²) in [6.07, 6.45) is 0.683. The topological polar surface area (TPSA) is 157 Å². The van der Waals surface area contributed by atoms with Crippen LogP contribution >= 0.6 is 0 Å². The second-order valence-corrected chi connectivity index (χ2v) is 7.38. The number of sulfonamides is 1. The molecule has 0 aliphatic heterocycles. The molecular weight excluding hydrogens is 354 g/mol. The first-order chi connectivity index (χ1) is 10.5. The van der Waals surface area contributed by atoms with Crippen LogP contribution in [0.2, 0.25) is 0 Å². The first kappa shape index (κ1) is 18.9. The van der Waals surface area contributed by atoms with Gasteiger partial charge in [0.1, 0.15) is 0 Å². The van der Waals surface area contributed by atoms with E-state index >= 15 is 0 Å². The molecule has 2 amide bonds. The van der Waals surface area contributed by atoms with Gasteiger partial charge in [-0.2, -0.15) is 18.4 Å². The zero-order chi connectivity index (χ0) is 17.8. The number of carbonyl (C=O) groups excluding carboxylic acids is 1. The number of urea groups is 1. The Balaban J connectivity index is 3.50. The van der Waals surface area contributed by atoms with Gasteiger partial charge in [0.2, 0.25) is 21.8 Å². The van der Waals surface area contributed by atoms with E-state index in [2.05, 4.69) is 9.97 Å². The average molecular weight is 369 g/mol. The quantitative estimate of drug-likeness (QED) is 0.604. The lowest BCUT2D eigenvalue weighted by Crippen LogP contribution is -2.50. The molecule has 23 heavy (non-hydrogen) atoms. The van der Waals surface area contributed by atoms with Gasteiger partial charge in [-0.05, 0) is 0 Å². The molecule has 2 N–H and O–H groups in total. The molecule has 0 saturated carbocycles. The van der Waals surface area contributed by atoms with Gasteiger partial charge in [-0.3, -0.25) is 0 Å². The van der Waals surface area contributed by atoms with Crippen molar-refractivity contribution in [3.05, 3.63) is 6.07 Å². The van der Waals surface area contributed by atoms with Gasteiger partial charge in [0.15, 0.2) is 0 Å². The summed E-state index contributed by atoms with van der Waals surface area (Å²) in [5, 5.41) is 0. The molecule has 12 nitrogen and oxygen atoms in total. The van der Waals surface area contributed by atoms with Crippen molar-refractivity contribution in [2.75, 3.05) is 31.8 Å². The van der Waals surface area contributed by atoms with Crippen molar-refractivity contribution in [2.24, 2.45) is 0 Å². The summed E-state index contributed by atoms with van der Waals surface area (Å²) in [4.78, 5) is 19.4. The lowest BCUT2D eigenvalue weighted by atomic mass is 10.6. The van der Waals surface area contributed by atoms with E-state index in [4.69, 9.17) is 9.47 Å². The number of methoxy groups -OCH3 is 2. The number of hydrogen-bond acceptors (Lipinski definition) is 9. The van der Waals surface area contributed by atoms with Crippen molar-refractivity contribution < 1.29 is 31.1 Å². The third kappa shape index (κ3) is 4.90. The molecule has 0 fully saturated rings. The Bertz CT molecular complexity index is 770. The molecule has 0 unspecified atom stereocenters. The van der Waals surface area contributed by atoms with Gasteiger partial charge in [0.05, 0.1) is 26.5 Å². The molecule has 0 bridgehead atoms. The predicted molar refractivity (Wildman–Crippen MR) is 79.0 cm³/mol. The molecule has 0 spiro atoms. The monoisotopic (exact) mass is 369 g/mol. The van der Waals surface area contributed by atoms with Crippen LogP contribution in [0.25, 0.3) is 0 Å². The molecule has 1 heterocycles. The Morgan fingerprint density at radius 2 is 1.61 bits per heavy atom. The van der Waals surface area contributed by atoms with Gasteiger partial charge >= 0.3 is 16.2 Å². The summed E-state index contributed by atoms with van der Waals surface area (Å²) in [5.41, 5.74) is 0. The van der Waals surface area contributed by atoms with Crippen LogP contribution < -0.4 is 23.2 Å². The normalized spacial score (nSPS) is 11.7. The van der Waals surface area contributed by atoms with Crippen molar-refractivity contribution in [1.82, 2.24) is 19.4 Å². The average Bonchev–Trinajstić information content (AvgIpc) is 2.44. The fraction of sp³-hybridized carbons (Fsp3) is 0.444. The van der Waals surface area contributed by atoms with Crippen molar-refractivity contribution >= 4 is 32.2 Å². The van der Waals surface area contributed by atoms with Crippen molar-refractivity contribution in [2.45, 2.75) is 0 Å². The standard InChI is InChI=1S/C9H15N5O7S2/c1-10-23(18,19)14(9(15)13-22(4,16)17)8-11-6(20-2)5-7(12-8)21-3/h5,10H,1-4H3,(H,13,15). The number of nitrogens with one attached hydrogen (secondary N) is 2. The third-order valence-corrected chi connectivity index (χ3v) is 4.09. The van der Waals surface area contributed by atoms with Gasteiger partial charge in [0.25, 0.3) is 5.95 Å². The van der Waals surface area contributed by atoms with Gasteiger partial charge in [-0.15, -0.1) is 4.31 Å². The molecule has 1 rings (SSSR count). The van der Waals surface area contributed by atoms with E-state index in [1.54, 1.807) is 0 Å². The molecule has 1 aromatic rings. The Morgan fingerprint density at radius 1 is 1.13 bits per heavy atom. The number of carbonyl (C=O) groups is 1. The summed E-state index contributed by atoms with van der Waals surface area (Å²) in [5.74, 6) is -0.873. The van der Waals surface area contributed by atoms with E-state index in [1.807, 2.05) is 4.72 Å². The van der Waals surface area contributed by atoms with Gasteiger partial charge in [0, 0.05) is 7.05 Å². The van der Waals surface area contributed by atoms with E-state index in [0.29, 0.717) is 6.26 Å². The number of nitrogens with zero attached hydrogens (tertiary/aromatic N) is 3. The Morgan fingerprint density at radius 3 is 1.96 bits per heavy atom. The third-order valence-electron chi connectivity index (χ3n) is 2.22. The molecule has 14 heteroatoms. The molecule has 0 aliphatic carbocycles. The minimum Gasteiger partial charge on any atom is -0.481 e. The lowest BCUT2D eigenvalue weighted by Gasteiger charge is -2.20. The number of aromatic nitrogens is 2. The van der Waals surface area contributed by atoms with Crippen LogP contribution in [0.3, 0.4) is 0 Å². The Labute approximate surface area is 133 Å². The zero-order valence-electron chi connectivity index (χ0n) is 12.6. The molecule has 0 radical (unpaired) electrons.